The van der Waals surface area contributed by atoms with E-state index in [-0.39, 0.29) is 39.1 Å². The van der Waals surface area contributed by atoms with E-state index in [1.165, 1.54) is 0 Å². The Morgan fingerprint density at radius 1 is 0.333 bits per heavy atom. The fourth-order valence-corrected chi connectivity index (χ4v) is 0. The van der Waals surface area contributed by atoms with Gasteiger partial charge in [0.05, 0.1) is 0 Å². The molecule has 0 rings (SSSR count). The van der Waals surface area contributed by atoms with E-state index in [0.717, 1.165) is 0 Å². The molecule has 0 aliphatic carbocycles. The van der Waals surface area contributed by atoms with Crippen LogP contribution in [0.4, 0.5) is 18.8 Å². The average molecular weight is 335 g/mol. The zero-order valence-corrected chi connectivity index (χ0v) is 10.3. The van der Waals surface area contributed by atoms with Gasteiger partial charge in [-0.05, 0) is 0 Å². The maximum atomic E-state index is 7.17. The van der Waals surface area contributed by atoms with E-state index in [1.807, 2.05) is 0 Å². The minimum atomic E-state index is -2.17. The van der Waals surface area contributed by atoms with E-state index in [2.05, 4.69) is 0 Å². The molecule has 0 saturated carbocycles. The summed E-state index contributed by atoms with van der Waals surface area (Å²) in [6.45, 7) is 0. The van der Waals surface area contributed by atoms with E-state index in [0.29, 0.717) is 0 Å². The summed E-state index contributed by atoms with van der Waals surface area (Å²) >= 11 is 0. The molecule has 21 heteroatoms. The Kier molecular flexibility index (Phi) is 139. The predicted molar refractivity (Wildman–Crippen MR) is 60.8 cm³/mol. The van der Waals surface area contributed by atoms with Crippen molar-refractivity contribution in [2.24, 2.45) is 0 Å². The molecule has 0 unspecified atom stereocenters. The Labute approximate surface area is 129 Å². The van der Waals surface area contributed by atoms with Crippen LogP contribution in [0.2, 0.25) is 0 Å². The minimum Gasteiger partial charge on any atom is -1.00 e. The number of halogens is 4. The SMILES string of the molecule is F.F.F.F.OB(O)O.OB(O)O.OB(O)O.OB(O)O.[H-].[Li+]. The standard InChI is InChI=1S/4BH3O3.4FH.Li.H/c4*2-1(3)4;;;;;;/h4*2-4H;4*1H;;/q;;;;;;;;+1;-1. The minimum absolute atomic E-state index is 0. The molecule has 0 aromatic heterocycles. The number of hydrogen-bond acceptors (Lipinski definition) is 12. The molecule has 130 valence electrons. The van der Waals surface area contributed by atoms with E-state index >= 15 is 0 Å². The maximum absolute atomic E-state index is 7.17. The molecule has 0 aromatic rings. The van der Waals surface area contributed by atoms with Crippen molar-refractivity contribution in [2.75, 3.05) is 0 Å². The first-order valence-corrected chi connectivity index (χ1v) is 3.10. The van der Waals surface area contributed by atoms with Gasteiger partial charge in [0.1, 0.15) is 0 Å². The molecule has 12 nitrogen and oxygen atoms in total. The van der Waals surface area contributed by atoms with Gasteiger partial charge in [-0.25, -0.2) is 0 Å². The summed E-state index contributed by atoms with van der Waals surface area (Å²) in [6, 6.07) is 0. The first kappa shape index (κ1) is 58.2. The Morgan fingerprint density at radius 3 is 0.333 bits per heavy atom. The van der Waals surface area contributed by atoms with Gasteiger partial charge in [-0.1, -0.05) is 0 Å². The molecular weight excluding hydrogens is 318 g/mol. The second kappa shape index (κ2) is 50.1. The van der Waals surface area contributed by atoms with Crippen LogP contribution in [0.1, 0.15) is 1.43 Å². The third kappa shape index (κ3) is 697000. The molecule has 12 N–H and O–H groups in total. The summed E-state index contributed by atoms with van der Waals surface area (Å²) in [6.07, 6.45) is 0. The molecule has 0 aromatic carbocycles. The van der Waals surface area contributed by atoms with Gasteiger partial charge >= 0.3 is 48.1 Å². The summed E-state index contributed by atoms with van der Waals surface area (Å²) in [5.74, 6) is 0. The maximum Gasteiger partial charge on any atom is 1.00 e. The molecule has 0 spiro atoms. The van der Waals surface area contributed by atoms with Gasteiger partial charge < -0.3 is 61.7 Å². The van der Waals surface area contributed by atoms with E-state index in [4.69, 9.17) is 60.3 Å². The van der Waals surface area contributed by atoms with Crippen LogP contribution in [-0.4, -0.2) is 89.6 Å². The zero-order valence-electron chi connectivity index (χ0n) is 11.3. The monoisotopic (exact) mass is 336 g/mol. The van der Waals surface area contributed by atoms with Crippen molar-refractivity contribution in [1.82, 2.24) is 0 Å². The van der Waals surface area contributed by atoms with Crippen LogP contribution < -0.4 is 18.9 Å². The molecule has 0 amide bonds. The third-order valence-corrected chi connectivity index (χ3v) is 0. The van der Waals surface area contributed by atoms with Gasteiger partial charge in [0, 0.05) is 0 Å². The van der Waals surface area contributed by atoms with Crippen molar-refractivity contribution in [3.8, 4) is 0 Å². The van der Waals surface area contributed by atoms with Crippen molar-refractivity contribution < 1.29 is 99.4 Å². The van der Waals surface area contributed by atoms with Gasteiger partial charge in [-0.3, -0.25) is 18.8 Å². The molecule has 0 bridgehead atoms. The summed E-state index contributed by atoms with van der Waals surface area (Å²) in [5, 5.41) is 86.0. The molecule has 0 aliphatic rings. The van der Waals surface area contributed by atoms with E-state index < -0.39 is 29.3 Å². The van der Waals surface area contributed by atoms with Crippen molar-refractivity contribution >= 4 is 29.3 Å². The van der Waals surface area contributed by atoms with Gasteiger partial charge in [-0.15, -0.1) is 0 Å². The molecule has 0 aliphatic heterocycles. The van der Waals surface area contributed by atoms with Gasteiger partial charge in [0.15, 0.2) is 0 Å². The van der Waals surface area contributed by atoms with Crippen LogP contribution in [0.3, 0.4) is 0 Å². The Hall–Kier alpha value is 0.0971. The van der Waals surface area contributed by atoms with Crippen molar-refractivity contribution in [1.29, 1.82) is 0 Å². The molecular formula is H17B4F4LiO12. The largest absolute Gasteiger partial charge is 1.00 e. The van der Waals surface area contributed by atoms with Crippen LogP contribution in [0, 0.1) is 0 Å². The van der Waals surface area contributed by atoms with Crippen molar-refractivity contribution in [3.63, 3.8) is 0 Å². The quantitative estimate of drug-likeness (QED) is 0.146. The van der Waals surface area contributed by atoms with E-state index in [9.17, 15) is 0 Å². The second-order valence-electron chi connectivity index (χ2n) is 1.39. The topological polar surface area (TPSA) is 243 Å². The predicted octanol–water partition coefficient (Wildman–Crippen LogP) is -10.5. The van der Waals surface area contributed by atoms with Crippen LogP contribution in [0.15, 0.2) is 0 Å². The fraction of sp³-hybridized carbons (Fsp3) is 0. The molecule has 0 heterocycles. The van der Waals surface area contributed by atoms with Gasteiger partial charge in [0.2, 0.25) is 0 Å². The van der Waals surface area contributed by atoms with Crippen LogP contribution in [0.5, 0.6) is 0 Å². The first-order valence-electron chi connectivity index (χ1n) is 3.10. The third-order valence-electron chi connectivity index (χ3n) is 0. The zero-order chi connectivity index (χ0) is 14.3. The normalized spacial score (nSPS) is 5.14. The Bertz CT molecular complexity index is 82.1. The van der Waals surface area contributed by atoms with E-state index in [1.54, 1.807) is 0 Å². The smallest absolute Gasteiger partial charge is 1.00 e. The summed E-state index contributed by atoms with van der Waals surface area (Å²) in [5.41, 5.74) is 0. The first-order chi connectivity index (χ1) is 6.93. The number of hydrogen-bond donors (Lipinski definition) is 12. The molecule has 0 radical (unpaired) electrons. The van der Waals surface area contributed by atoms with Gasteiger partial charge in [0.25, 0.3) is 0 Å². The Morgan fingerprint density at radius 2 is 0.333 bits per heavy atom. The fourth-order valence-electron chi connectivity index (χ4n) is 0. The molecule has 0 saturated heterocycles. The van der Waals surface area contributed by atoms with Crippen LogP contribution in [-0.2, 0) is 0 Å². The summed E-state index contributed by atoms with van der Waals surface area (Å²) < 4.78 is 0. The number of rotatable bonds is 0. The van der Waals surface area contributed by atoms with Crippen molar-refractivity contribution in [2.45, 2.75) is 0 Å². The van der Waals surface area contributed by atoms with Crippen LogP contribution >= 0.6 is 0 Å². The van der Waals surface area contributed by atoms with Crippen molar-refractivity contribution in [3.05, 3.63) is 0 Å². The van der Waals surface area contributed by atoms with Crippen LogP contribution in [0.25, 0.3) is 0 Å². The second-order valence-corrected chi connectivity index (χ2v) is 1.39. The molecule has 21 heavy (non-hydrogen) atoms. The summed E-state index contributed by atoms with van der Waals surface area (Å²) in [4.78, 5) is 0. The van der Waals surface area contributed by atoms with Gasteiger partial charge in [-0.2, -0.15) is 0 Å². The Balaban J connectivity index is -0.00000001000. The average Bonchev–Trinajstić information content (AvgIpc) is 1.76. The summed E-state index contributed by atoms with van der Waals surface area (Å²) in [7, 11) is -8.67. The molecule has 0 atom stereocenters. The molecule has 0 fully saturated rings.